The number of hydrogen-bond acceptors (Lipinski definition) is 6. The van der Waals surface area contributed by atoms with Crippen LogP contribution < -0.4 is 9.80 Å². The zero-order chi connectivity index (χ0) is 41.2. The molecule has 8 aromatic carbocycles. The molecule has 0 radical (unpaired) electrons. The Balaban J connectivity index is 1.20. The molecule has 0 N–H and O–H groups in total. The SMILES string of the molecule is c1ccc(-c2ccccc2N2c3c4ccccc4nn3[Si]3(n4nc5ccccc5c42)n2c(nc4ccccc42)N(c2ccccc2-c2ccccc2)c2nc4ccccc4n23)cc1. The van der Waals surface area contributed by atoms with Crippen molar-refractivity contribution in [1.82, 2.24) is 37.3 Å². The molecule has 0 atom stereocenters. The molecule has 0 fully saturated rings. The Kier molecular flexibility index (Phi) is 6.92. The Bertz CT molecular complexity index is 3620. The summed E-state index contributed by atoms with van der Waals surface area (Å²) in [6, 6.07) is 72.4. The minimum Gasteiger partial charge on any atom is -0.281 e. The van der Waals surface area contributed by atoms with E-state index >= 15 is 0 Å². The highest BCUT2D eigenvalue weighted by Crippen LogP contribution is 2.55. The van der Waals surface area contributed by atoms with Gasteiger partial charge in [-0.05, 0) is 71.8 Å². The molecule has 0 unspecified atom stereocenters. The second-order valence-electron chi connectivity index (χ2n) is 16.0. The van der Waals surface area contributed by atoms with Gasteiger partial charge in [-0.25, -0.2) is 23.6 Å². The smallest absolute Gasteiger partial charge is 0.281 e. The van der Waals surface area contributed by atoms with Crippen molar-refractivity contribution in [3.8, 4) is 22.3 Å². The van der Waals surface area contributed by atoms with E-state index in [2.05, 4.69) is 233 Å². The fourth-order valence-corrected chi connectivity index (χ4v) is 14.6. The molecule has 6 heterocycles. The van der Waals surface area contributed by atoms with Crippen molar-refractivity contribution in [2.24, 2.45) is 0 Å². The van der Waals surface area contributed by atoms with Crippen LogP contribution in [0.3, 0.4) is 0 Å². The summed E-state index contributed by atoms with van der Waals surface area (Å²) in [4.78, 5) is 15.9. The molecule has 14 rings (SSSR count). The van der Waals surface area contributed by atoms with Crippen LogP contribution in [0.1, 0.15) is 0 Å². The minimum absolute atomic E-state index is 0.739. The first kappa shape index (κ1) is 34.2. The minimum atomic E-state index is -3.95. The number of imidazole rings is 2. The number of benzene rings is 8. The molecular formula is C52H34N10Si. The molecule has 1 spiro atoms. The Hall–Kier alpha value is -8.54. The van der Waals surface area contributed by atoms with Crippen LogP contribution in [-0.2, 0) is 0 Å². The van der Waals surface area contributed by atoms with Gasteiger partial charge in [0.15, 0.2) is 0 Å². The number of rotatable bonds is 4. The van der Waals surface area contributed by atoms with Crippen LogP contribution in [0.25, 0.3) is 66.1 Å². The summed E-state index contributed by atoms with van der Waals surface area (Å²) in [7, 11) is -3.95. The number of fused-ring (bicyclic) bond motifs is 16. The number of nitrogens with zero attached hydrogens (tertiary/aromatic N) is 10. The molecule has 63 heavy (non-hydrogen) atoms. The number of anilines is 6. The Morgan fingerprint density at radius 1 is 0.333 bits per heavy atom. The average Bonchev–Trinajstić information content (AvgIpc) is 4.14. The van der Waals surface area contributed by atoms with Gasteiger partial charge in [-0.3, -0.25) is 13.4 Å². The molecule has 296 valence electrons. The number of hydrogen-bond donors (Lipinski definition) is 0. The fourth-order valence-electron chi connectivity index (χ4n) is 10.1. The standard InChI is InChI=1S/C52H34N10Si/c1-3-19-35(20-4-1)37-23-9-15-31-45(37)57-49-39-25-7-11-27-41(39)55-61(49)63(62-50(57)40-26-8-12-28-42(40)56-62)59-47-33-17-13-29-43(47)53-51(59)58(52-54-44-30-14-18-34-48(44)60(52)63)46-32-16-10-24-38(46)36-21-5-2-6-22-36/h1-34H. The Morgan fingerprint density at radius 3 is 1.21 bits per heavy atom. The molecule has 2 aliphatic rings. The normalized spacial score (nSPS) is 13.8. The van der Waals surface area contributed by atoms with Crippen molar-refractivity contribution in [1.29, 1.82) is 0 Å². The zero-order valence-corrected chi connectivity index (χ0v) is 34.6. The lowest BCUT2D eigenvalue weighted by Crippen LogP contribution is -2.69. The van der Waals surface area contributed by atoms with Crippen molar-refractivity contribution in [2.45, 2.75) is 0 Å². The van der Waals surface area contributed by atoms with Gasteiger partial charge in [0.05, 0.1) is 44.5 Å². The van der Waals surface area contributed by atoms with Gasteiger partial charge in [0.25, 0.3) is 0 Å². The molecule has 0 saturated carbocycles. The molecule has 10 nitrogen and oxygen atoms in total. The van der Waals surface area contributed by atoms with E-state index < -0.39 is 8.72 Å². The predicted molar refractivity (Wildman–Crippen MR) is 254 cm³/mol. The van der Waals surface area contributed by atoms with Crippen molar-refractivity contribution < 1.29 is 0 Å². The van der Waals surface area contributed by atoms with Crippen molar-refractivity contribution >= 4 is 87.5 Å². The highest BCUT2D eigenvalue weighted by Gasteiger charge is 2.62. The van der Waals surface area contributed by atoms with E-state index in [1.165, 1.54) is 0 Å². The van der Waals surface area contributed by atoms with Gasteiger partial charge in [0, 0.05) is 21.9 Å². The molecule has 4 aromatic heterocycles. The van der Waals surface area contributed by atoms with Crippen molar-refractivity contribution in [3.63, 3.8) is 0 Å². The summed E-state index contributed by atoms with van der Waals surface area (Å²) >= 11 is 0. The van der Waals surface area contributed by atoms with Gasteiger partial charge < -0.3 is 0 Å². The van der Waals surface area contributed by atoms with Gasteiger partial charge in [-0.2, -0.15) is 10.2 Å². The Morgan fingerprint density at radius 2 is 0.714 bits per heavy atom. The monoisotopic (exact) mass is 826 g/mol. The molecule has 0 amide bonds. The molecule has 2 aliphatic heterocycles. The summed E-state index contributed by atoms with van der Waals surface area (Å²) in [6.45, 7) is 0. The second-order valence-corrected chi connectivity index (χ2v) is 19.0. The van der Waals surface area contributed by atoms with E-state index in [0.29, 0.717) is 0 Å². The quantitative estimate of drug-likeness (QED) is 0.164. The highest BCUT2D eigenvalue weighted by atomic mass is 28.4. The van der Waals surface area contributed by atoms with Gasteiger partial charge in [-0.15, -0.1) is 0 Å². The first-order chi connectivity index (χ1) is 31.3. The van der Waals surface area contributed by atoms with E-state index in [-0.39, 0.29) is 0 Å². The number of aromatic nitrogens is 8. The van der Waals surface area contributed by atoms with E-state index in [1.807, 2.05) is 0 Å². The van der Waals surface area contributed by atoms with E-state index in [9.17, 15) is 0 Å². The third-order valence-electron chi connectivity index (χ3n) is 12.6. The third-order valence-corrected chi connectivity index (χ3v) is 16.5. The summed E-state index contributed by atoms with van der Waals surface area (Å²) in [5, 5.41) is 13.6. The third kappa shape index (κ3) is 4.49. The lowest BCUT2D eigenvalue weighted by molar-refractivity contribution is 0.699. The van der Waals surface area contributed by atoms with Crippen LogP contribution in [0.4, 0.5) is 34.9 Å². The van der Waals surface area contributed by atoms with Gasteiger partial charge >= 0.3 is 8.72 Å². The first-order valence-corrected chi connectivity index (χ1v) is 22.9. The Labute approximate surface area is 361 Å². The topological polar surface area (TPSA) is 77.8 Å². The maximum Gasteiger partial charge on any atom is 0.562 e. The predicted octanol–water partition coefficient (Wildman–Crippen LogP) is 11.9. The van der Waals surface area contributed by atoms with Crippen LogP contribution in [0.5, 0.6) is 0 Å². The first-order valence-electron chi connectivity index (χ1n) is 21.1. The van der Waals surface area contributed by atoms with Crippen LogP contribution in [0.15, 0.2) is 206 Å². The van der Waals surface area contributed by atoms with E-state index in [1.54, 1.807) is 0 Å². The van der Waals surface area contributed by atoms with Gasteiger partial charge in [-0.1, -0.05) is 146 Å². The highest BCUT2D eigenvalue weighted by molar-refractivity contribution is 6.78. The lowest BCUT2D eigenvalue weighted by Gasteiger charge is -2.46. The molecule has 12 aromatic rings. The van der Waals surface area contributed by atoms with Crippen LogP contribution in [0, 0.1) is 0 Å². The van der Waals surface area contributed by atoms with E-state index in [4.69, 9.17) is 20.2 Å². The zero-order valence-electron chi connectivity index (χ0n) is 33.6. The summed E-state index contributed by atoms with van der Waals surface area (Å²) in [5.74, 6) is 3.38. The lowest BCUT2D eigenvalue weighted by atomic mass is 10.0. The molecule has 0 saturated heterocycles. The molecule has 0 aliphatic carbocycles. The largest absolute Gasteiger partial charge is 0.562 e. The van der Waals surface area contributed by atoms with Crippen molar-refractivity contribution in [3.05, 3.63) is 206 Å². The van der Waals surface area contributed by atoms with Crippen LogP contribution in [-0.4, -0.2) is 46.0 Å². The number of para-hydroxylation sites is 6. The van der Waals surface area contributed by atoms with Crippen molar-refractivity contribution in [2.75, 3.05) is 9.80 Å². The molecule has 11 heteroatoms. The molecule has 0 bridgehead atoms. The maximum absolute atomic E-state index is 5.77. The summed E-state index contributed by atoms with van der Waals surface area (Å²) in [6.07, 6.45) is 0. The van der Waals surface area contributed by atoms with Crippen LogP contribution in [0.2, 0.25) is 0 Å². The van der Waals surface area contributed by atoms with Crippen LogP contribution >= 0.6 is 0 Å². The summed E-state index contributed by atoms with van der Waals surface area (Å²) < 4.78 is 9.56. The fraction of sp³-hybridized carbons (Fsp3) is 0. The average molecular weight is 827 g/mol. The summed E-state index contributed by atoms with van der Waals surface area (Å²) in [5.41, 5.74) is 11.8. The van der Waals surface area contributed by atoms with E-state index in [0.717, 1.165) is 101 Å². The van der Waals surface area contributed by atoms with Gasteiger partial charge in [0.1, 0.15) is 11.6 Å². The molecular weight excluding hydrogens is 793 g/mol. The second kappa shape index (κ2) is 12.7. The van der Waals surface area contributed by atoms with Gasteiger partial charge in [0.2, 0.25) is 11.9 Å². The maximum atomic E-state index is 5.77.